The molecule has 0 aliphatic carbocycles. The molecule has 0 saturated carbocycles. The summed E-state index contributed by atoms with van der Waals surface area (Å²) in [6, 6.07) is 17.0. The first-order valence-corrected chi connectivity index (χ1v) is 13.2. The second kappa shape index (κ2) is 11.3. The van der Waals surface area contributed by atoms with E-state index in [-0.39, 0.29) is 18.3 Å². The third kappa shape index (κ3) is 6.26. The van der Waals surface area contributed by atoms with E-state index >= 15 is 0 Å². The molecule has 0 fully saturated rings. The maximum Gasteiger partial charge on any atom is 0.357 e. The van der Waals surface area contributed by atoms with Crippen LogP contribution in [0.2, 0.25) is 0 Å². The summed E-state index contributed by atoms with van der Waals surface area (Å²) in [6.45, 7) is 2.04. The Hall–Kier alpha value is -3.12. The number of hydrogen-bond acceptors (Lipinski definition) is 8. The van der Waals surface area contributed by atoms with Crippen LogP contribution in [-0.4, -0.2) is 31.3 Å². The minimum absolute atomic E-state index is 0.208. The molecule has 0 bridgehead atoms. The number of nitrogens with one attached hydrogen (secondary N) is 2. The van der Waals surface area contributed by atoms with Crippen LogP contribution in [0, 0.1) is 0 Å². The van der Waals surface area contributed by atoms with Crippen LogP contribution in [0.25, 0.3) is 10.6 Å². The Morgan fingerprint density at radius 3 is 2.56 bits per heavy atom. The SMILES string of the molecule is CCOC(=O)c1csc(N[C@@H](Cc2ccc(NS(=O)O)cc2)c2csc(-c3ccccc3)n2)n1. The maximum atomic E-state index is 12.0. The molecule has 0 radical (unpaired) electrons. The van der Waals surface area contributed by atoms with Crippen LogP contribution in [0.1, 0.15) is 34.7 Å². The largest absolute Gasteiger partial charge is 0.461 e. The zero-order chi connectivity index (χ0) is 23.9. The van der Waals surface area contributed by atoms with Crippen molar-refractivity contribution >= 4 is 50.7 Å². The van der Waals surface area contributed by atoms with Gasteiger partial charge in [-0.25, -0.2) is 19.0 Å². The zero-order valence-electron chi connectivity index (χ0n) is 18.1. The molecule has 2 heterocycles. The van der Waals surface area contributed by atoms with Crippen LogP contribution in [0.15, 0.2) is 65.4 Å². The quantitative estimate of drug-likeness (QED) is 0.192. The molecule has 0 amide bonds. The lowest BCUT2D eigenvalue weighted by molar-refractivity contribution is 0.0520. The van der Waals surface area contributed by atoms with E-state index in [1.165, 1.54) is 11.3 Å². The number of esters is 1. The van der Waals surface area contributed by atoms with Gasteiger partial charge in [-0.3, -0.25) is 9.27 Å². The Morgan fingerprint density at radius 2 is 1.85 bits per heavy atom. The van der Waals surface area contributed by atoms with E-state index in [4.69, 9.17) is 14.3 Å². The van der Waals surface area contributed by atoms with Crippen LogP contribution in [0.3, 0.4) is 0 Å². The minimum atomic E-state index is -2.12. The fourth-order valence-electron chi connectivity index (χ4n) is 3.22. The van der Waals surface area contributed by atoms with Gasteiger partial charge in [-0.2, -0.15) is 0 Å². The standard InChI is InChI=1S/C23H22N4O4S3/c1-2-31-22(28)20-14-33-23(26-20)25-18(12-15-8-10-17(11-9-15)27-34(29)30)19-13-32-21(24-19)16-6-4-3-5-7-16/h3-11,13-14,18,27H,2,12H2,1H3,(H,25,26)(H,29,30)/t18-/m0/s1. The summed E-state index contributed by atoms with van der Waals surface area (Å²) in [6.07, 6.45) is 0.592. The van der Waals surface area contributed by atoms with Crippen molar-refractivity contribution in [3.63, 3.8) is 0 Å². The highest BCUT2D eigenvalue weighted by Gasteiger charge is 2.20. The number of ether oxygens (including phenoxy) is 1. The lowest BCUT2D eigenvalue weighted by Crippen LogP contribution is -2.15. The number of carbonyl (C=O) groups is 1. The first-order chi connectivity index (χ1) is 16.5. The summed E-state index contributed by atoms with van der Waals surface area (Å²) < 4.78 is 27.5. The third-order valence-electron chi connectivity index (χ3n) is 4.79. The fourth-order valence-corrected chi connectivity index (χ4v) is 5.17. The molecular formula is C23H22N4O4S3. The maximum absolute atomic E-state index is 12.0. The highest BCUT2D eigenvalue weighted by atomic mass is 32.2. The molecule has 0 spiro atoms. The Bertz CT molecular complexity index is 1260. The Morgan fingerprint density at radius 1 is 1.09 bits per heavy atom. The van der Waals surface area contributed by atoms with Crippen LogP contribution in [-0.2, 0) is 22.4 Å². The first kappa shape index (κ1) is 24.0. The predicted molar refractivity (Wildman–Crippen MR) is 137 cm³/mol. The monoisotopic (exact) mass is 514 g/mol. The van der Waals surface area contributed by atoms with Gasteiger partial charge in [-0.1, -0.05) is 42.5 Å². The number of hydrogen-bond donors (Lipinski definition) is 3. The number of benzene rings is 2. The molecular weight excluding hydrogens is 492 g/mol. The van der Waals surface area contributed by atoms with Crippen LogP contribution < -0.4 is 10.0 Å². The van der Waals surface area contributed by atoms with Gasteiger partial charge in [0.05, 0.1) is 18.3 Å². The van der Waals surface area contributed by atoms with Crippen molar-refractivity contribution in [1.29, 1.82) is 0 Å². The third-order valence-corrected chi connectivity index (χ3v) is 6.88. The Balaban J connectivity index is 1.58. The molecule has 2 atom stereocenters. The van der Waals surface area contributed by atoms with E-state index in [0.29, 0.717) is 17.2 Å². The molecule has 0 aliphatic rings. The molecule has 8 nitrogen and oxygen atoms in total. The topological polar surface area (TPSA) is 113 Å². The normalized spacial score (nSPS) is 12.6. The number of thiazole rings is 2. The van der Waals surface area contributed by atoms with E-state index < -0.39 is 17.2 Å². The predicted octanol–water partition coefficient (Wildman–Crippen LogP) is 5.39. The van der Waals surface area contributed by atoms with E-state index in [0.717, 1.165) is 21.8 Å². The molecule has 176 valence electrons. The Kier molecular flexibility index (Phi) is 8.01. The van der Waals surface area contributed by atoms with Gasteiger partial charge in [0.2, 0.25) is 0 Å². The van der Waals surface area contributed by atoms with Gasteiger partial charge in [0.1, 0.15) is 5.01 Å². The zero-order valence-corrected chi connectivity index (χ0v) is 20.6. The summed E-state index contributed by atoms with van der Waals surface area (Å²) in [4.78, 5) is 21.3. The van der Waals surface area contributed by atoms with Crippen molar-refractivity contribution in [2.75, 3.05) is 16.6 Å². The number of anilines is 2. The molecule has 3 N–H and O–H groups in total. The summed E-state index contributed by atoms with van der Waals surface area (Å²) in [5.41, 5.74) is 3.72. The molecule has 2 aromatic carbocycles. The smallest absolute Gasteiger partial charge is 0.357 e. The average molecular weight is 515 g/mol. The summed E-state index contributed by atoms with van der Waals surface area (Å²) >= 11 is 0.770. The molecule has 4 rings (SSSR count). The lowest BCUT2D eigenvalue weighted by atomic mass is 10.0. The Labute approximate surface area is 207 Å². The molecule has 0 aliphatic heterocycles. The molecule has 0 saturated heterocycles. The number of nitrogens with zero attached hydrogens (tertiary/aromatic N) is 2. The van der Waals surface area contributed by atoms with Crippen molar-refractivity contribution in [1.82, 2.24) is 9.97 Å². The van der Waals surface area contributed by atoms with Gasteiger partial charge in [-0.05, 0) is 31.0 Å². The van der Waals surface area contributed by atoms with Crippen molar-refractivity contribution in [2.45, 2.75) is 19.4 Å². The number of aromatic nitrogens is 2. The van der Waals surface area contributed by atoms with Crippen molar-refractivity contribution < 1.29 is 18.3 Å². The number of rotatable bonds is 10. The van der Waals surface area contributed by atoms with E-state index in [1.807, 2.05) is 47.8 Å². The fraction of sp³-hybridized carbons (Fsp3) is 0.174. The summed E-state index contributed by atoms with van der Waals surface area (Å²) in [5.74, 6) is -0.451. The van der Waals surface area contributed by atoms with Gasteiger partial charge < -0.3 is 10.1 Å². The van der Waals surface area contributed by atoms with Crippen LogP contribution in [0.4, 0.5) is 10.8 Å². The second-order valence-electron chi connectivity index (χ2n) is 7.15. The lowest BCUT2D eigenvalue weighted by Gasteiger charge is -2.17. The molecule has 1 unspecified atom stereocenters. The average Bonchev–Trinajstić information content (AvgIpc) is 3.51. The van der Waals surface area contributed by atoms with E-state index in [2.05, 4.69) is 15.0 Å². The number of carbonyl (C=O) groups excluding carboxylic acids is 1. The molecule has 34 heavy (non-hydrogen) atoms. The molecule has 11 heteroatoms. The van der Waals surface area contributed by atoms with Crippen molar-refractivity contribution in [2.24, 2.45) is 0 Å². The van der Waals surface area contributed by atoms with Gasteiger partial charge in [0.15, 0.2) is 10.8 Å². The minimum Gasteiger partial charge on any atom is -0.461 e. The summed E-state index contributed by atoms with van der Waals surface area (Å²) in [7, 11) is 0. The van der Waals surface area contributed by atoms with Crippen LogP contribution >= 0.6 is 22.7 Å². The highest BCUT2D eigenvalue weighted by Crippen LogP contribution is 2.31. The van der Waals surface area contributed by atoms with Crippen molar-refractivity contribution in [3.05, 3.63) is 82.3 Å². The first-order valence-electron chi connectivity index (χ1n) is 10.4. The highest BCUT2D eigenvalue weighted by molar-refractivity contribution is 7.80. The molecule has 4 aromatic rings. The van der Waals surface area contributed by atoms with Crippen molar-refractivity contribution in [3.8, 4) is 10.6 Å². The van der Waals surface area contributed by atoms with Gasteiger partial charge in [-0.15, -0.1) is 22.7 Å². The van der Waals surface area contributed by atoms with Gasteiger partial charge >= 0.3 is 5.97 Å². The van der Waals surface area contributed by atoms with Crippen LogP contribution in [0.5, 0.6) is 0 Å². The van der Waals surface area contributed by atoms with E-state index in [1.54, 1.807) is 35.8 Å². The van der Waals surface area contributed by atoms with E-state index in [9.17, 15) is 9.00 Å². The summed E-state index contributed by atoms with van der Waals surface area (Å²) in [5, 5.41) is 8.61. The van der Waals surface area contributed by atoms with Gasteiger partial charge in [0, 0.05) is 22.0 Å². The van der Waals surface area contributed by atoms with Gasteiger partial charge in [0.25, 0.3) is 11.3 Å². The second-order valence-corrected chi connectivity index (χ2v) is 9.57. The molecule has 2 aromatic heterocycles.